The lowest BCUT2D eigenvalue weighted by atomic mass is 10.2. The van der Waals surface area contributed by atoms with Gasteiger partial charge in [-0.2, -0.15) is 10.1 Å². The molecule has 0 spiro atoms. The molecule has 9 heteroatoms. The van der Waals surface area contributed by atoms with Crippen LogP contribution in [0.1, 0.15) is 47.0 Å². The summed E-state index contributed by atoms with van der Waals surface area (Å²) >= 11 is 0. The van der Waals surface area contributed by atoms with E-state index in [1.807, 2.05) is 33.8 Å². The summed E-state index contributed by atoms with van der Waals surface area (Å²) in [7, 11) is -0.276. The van der Waals surface area contributed by atoms with Crippen LogP contribution in [0, 0.1) is 11.3 Å². The Balaban J connectivity index is 5.06. The molecule has 0 bridgehead atoms. The fourth-order valence-electron chi connectivity index (χ4n) is 2.08. The highest BCUT2D eigenvalue weighted by molar-refractivity contribution is 7.25. The lowest BCUT2D eigenvalue weighted by Gasteiger charge is -2.41. The maximum Gasteiger partial charge on any atom is 0.306 e. The van der Waals surface area contributed by atoms with Crippen LogP contribution in [-0.2, 0) is 19.0 Å². The summed E-state index contributed by atoms with van der Waals surface area (Å²) in [6, 6.07) is 2.01. The predicted octanol–water partition coefficient (Wildman–Crippen LogP) is 2.31. The Morgan fingerprint density at radius 2 is 1.61 bits per heavy atom. The Kier molecular flexibility index (Phi) is 9.93. The van der Waals surface area contributed by atoms with E-state index in [0.29, 0.717) is 0 Å². The van der Waals surface area contributed by atoms with Gasteiger partial charge in [-0.25, -0.2) is 0 Å². The molecule has 2 N–H and O–H groups in total. The Labute approximate surface area is 138 Å². The molecular weight excluding hydrogens is 323 g/mol. The first-order chi connectivity index (χ1) is 10.7. The number of rotatable bonds is 12. The monoisotopic (exact) mass is 349 g/mol. The number of carboxylic acid groups (broad SMARTS) is 2. The van der Waals surface area contributed by atoms with E-state index in [9.17, 15) is 9.59 Å². The Bertz CT molecular complexity index is 411. The van der Waals surface area contributed by atoms with E-state index in [1.54, 1.807) is 0 Å². The van der Waals surface area contributed by atoms with Crippen LogP contribution in [0.5, 0.6) is 0 Å². The van der Waals surface area contributed by atoms with Gasteiger partial charge in [-0.05, 0) is 27.7 Å². The average Bonchev–Trinajstić information content (AvgIpc) is 2.40. The molecule has 0 rings (SSSR count). The third-order valence-corrected chi connectivity index (χ3v) is 5.11. The van der Waals surface area contributed by atoms with Gasteiger partial charge in [0.1, 0.15) is 18.7 Å². The van der Waals surface area contributed by atoms with Crippen molar-refractivity contribution in [1.29, 1.82) is 5.26 Å². The van der Waals surface area contributed by atoms with Crippen molar-refractivity contribution in [3.63, 3.8) is 0 Å². The van der Waals surface area contributed by atoms with Crippen molar-refractivity contribution in [1.82, 2.24) is 0 Å². The smallest absolute Gasteiger partial charge is 0.306 e. The maximum atomic E-state index is 10.9. The fraction of sp³-hybridized carbons (Fsp3) is 0.786. The summed E-state index contributed by atoms with van der Waals surface area (Å²) in [6.45, 7) is 7.97. The molecule has 0 aromatic rings. The predicted molar refractivity (Wildman–Crippen MR) is 84.4 cm³/mol. The highest BCUT2D eigenvalue weighted by Crippen LogP contribution is 2.40. The number of hydrogen-bond donors (Lipinski definition) is 2. The molecule has 0 radical (unpaired) electrons. The number of aliphatic carboxylic acids is 2. The minimum Gasteiger partial charge on any atom is -0.481 e. The molecule has 0 saturated carbocycles. The zero-order chi connectivity index (χ0) is 18.0. The molecule has 1 atom stereocenters. The van der Waals surface area contributed by atoms with E-state index in [0.717, 1.165) is 0 Å². The topological polar surface area (TPSA) is 117 Å². The largest absolute Gasteiger partial charge is 0.481 e. The van der Waals surface area contributed by atoms with Crippen LogP contribution in [0.4, 0.5) is 0 Å². The van der Waals surface area contributed by atoms with Gasteiger partial charge in [0.25, 0.3) is 8.96 Å². The number of carbonyl (C=O) groups is 2. The molecular formula is C14H26N2O6P+. The summed E-state index contributed by atoms with van der Waals surface area (Å²) in [6.07, 6.45) is -1.45. The van der Waals surface area contributed by atoms with E-state index in [4.69, 9.17) is 24.8 Å². The van der Waals surface area contributed by atoms with Crippen LogP contribution in [0.25, 0.3) is 0 Å². The van der Waals surface area contributed by atoms with E-state index in [1.165, 1.54) is 0 Å². The van der Waals surface area contributed by atoms with Crippen molar-refractivity contribution >= 4 is 20.9 Å². The van der Waals surface area contributed by atoms with Crippen LogP contribution in [-0.4, -0.2) is 51.4 Å². The SMILES string of the molecule is CC(C)[N+](OCCC#N)(POC(CC(=O)O)CC(=O)O)C(C)C. The molecule has 23 heavy (non-hydrogen) atoms. The highest BCUT2D eigenvalue weighted by atomic mass is 31.1. The summed E-state index contributed by atoms with van der Waals surface area (Å²) in [4.78, 5) is 27.6. The molecule has 0 fully saturated rings. The lowest BCUT2D eigenvalue weighted by Crippen LogP contribution is -2.51. The Hall–Kier alpha value is -1.26. The molecule has 0 heterocycles. The standard InChI is InChI=1S/C14H25N2O6P/c1-10(2)16(11(3)4,21-7-5-6-15)23-22-12(8-13(17)18)9-14(19)20/h10-12,23H,5,7-9H2,1-4H3,(H-,17,18,19,20)/p+1. The second kappa shape index (κ2) is 10.5. The lowest BCUT2D eigenvalue weighted by molar-refractivity contribution is -1.04. The minimum absolute atomic E-state index is 0.00216. The molecule has 0 aromatic carbocycles. The van der Waals surface area contributed by atoms with Crippen molar-refractivity contribution < 1.29 is 33.6 Å². The van der Waals surface area contributed by atoms with Gasteiger partial charge < -0.3 is 14.7 Å². The van der Waals surface area contributed by atoms with E-state index in [-0.39, 0.29) is 51.3 Å². The first kappa shape index (κ1) is 21.7. The molecule has 0 aliphatic carbocycles. The third kappa shape index (κ3) is 7.71. The summed E-state index contributed by atoms with van der Waals surface area (Å²) in [5.41, 5.74) is 0. The number of carboxylic acids is 2. The van der Waals surface area contributed by atoms with E-state index in [2.05, 4.69) is 0 Å². The van der Waals surface area contributed by atoms with Crippen molar-refractivity contribution in [3.8, 4) is 6.07 Å². The number of quaternary nitrogens is 1. The van der Waals surface area contributed by atoms with Crippen LogP contribution < -0.4 is 0 Å². The maximum absolute atomic E-state index is 10.9. The van der Waals surface area contributed by atoms with Crippen LogP contribution in [0.15, 0.2) is 0 Å². The normalized spacial score (nSPS) is 12.4. The van der Waals surface area contributed by atoms with Gasteiger partial charge in [-0.3, -0.25) is 9.59 Å². The van der Waals surface area contributed by atoms with Crippen molar-refractivity contribution in [2.45, 2.75) is 65.1 Å². The number of nitriles is 1. The van der Waals surface area contributed by atoms with Crippen molar-refractivity contribution in [3.05, 3.63) is 0 Å². The quantitative estimate of drug-likeness (QED) is 0.315. The second-order valence-electron chi connectivity index (χ2n) is 5.67. The highest BCUT2D eigenvalue weighted by Gasteiger charge is 2.40. The molecule has 0 amide bonds. The molecule has 0 aromatic heterocycles. The van der Waals surface area contributed by atoms with Gasteiger partial charge in [0.05, 0.1) is 31.4 Å². The Morgan fingerprint density at radius 1 is 1.13 bits per heavy atom. The summed E-state index contributed by atoms with van der Waals surface area (Å²) in [5, 5.41) is 26.4. The fourth-order valence-corrected chi connectivity index (χ4v) is 3.12. The third-order valence-electron chi connectivity index (χ3n) is 3.22. The Morgan fingerprint density at radius 3 is 1.96 bits per heavy atom. The first-order valence-electron chi connectivity index (χ1n) is 7.42. The molecule has 8 nitrogen and oxygen atoms in total. The summed E-state index contributed by atoms with van der Waals surface area (Å²) < 4.78 is 5.71. The first-order valence-corrected chi connectivity index (χ1v) is 8.27. The van der Waals surface area contributed by atoms with Crippen LogP contribution in [0.2, 0.25) is 0 Å². The van der Waals surface area contributed by atoms with Crippen LogP contribution >= 0.6 is 8.96 Å². The van der Waals surface area contributed by atoms with Gasteiger partial charge in [0.15, 0.2) is 0 Å². The second-order valence-corrected chi connectivity index (χ2v) is 6.78. The molecule has 132 valence electrons. The molecule has 1 unspecified atom stereocenters. The van der Waals surface area contributed by atoms with Gasteiger partial charge in [0, 0.05) is 0 Å². The zero-order valence-electron chi connectivity index (χ0n) is 14.0. The van der Waals surface area contributed by atoms with Gasteiger partial charge in [-0.1, -0.05) is 0 Å². The number of hydroxylamine groups is 2. The van der Waals surface area contributed by atoms with Crippen molar-refractivity contribution in [2.75, 3.05) is 6.61 Å². The number of hydrogen-bond acceptors (Lipinski definition) is 5. The number of nitrogens with zero attached hydrogens (tertiary/aromatic N) is 2. The van der Waals surface area contributed by atoms with E-state index >= 15 is 0 Å². The molecule has 0 aliphatic heterocycles. The minimum atomic E-state index is -1.11. The van der Waals surface area contributed by atoms with E-state index < -0.39 is 18.0 Å². The molecule has 0 aliphatic rings. The van der Waals surface area contributed by atoms with Crippen LogP contribution in [0.3, 0.4) is 0 Å². The summed E-state index contributed by atoms with van der Waals surface area (Å²) in [5.74, 6) is -2.22. The zero-order valence-corrected chi connectivity index (χ0v) is 15.0. The average molecular weight is 349 g/mol. The van der Waals surface area contributed by atoms with Crippen molar-refractivity contribution in [2.24, 2.45) is 0 Å². The van der Waals surface area contributed by atoms with Gasteiger partial charge in [0.2, 0.25) is 0 Å². The molecule has 0 saturated heterocycles. The van der Waals surface area contributed by atoms with Gasteiger partial charge >= 0.3 is 11.9 Å². The van der Waals surface area contributed by atoms with Gasteiger partial charge in [-0.15, -0.1) is 4.42 Å².